The van der Waals surface area contributed by atoms with E-state index in [0.717, 1.165) is 0 Å². The second-order valence-electron chi connectivity index (χ2n) is 1.48. The Bertz CT molecular complexity index is 153. The van der Waals surface area contributed by atoms with Crippen LogP contribution in [0.3, 0.4) is 0 Å². The molecule has 8 heavy (non-hydrogen) atoms. The first-order valence-electron chi connectivity index (χ1n) is 1.95. The summed E-state index contributed by atoms with van der Waals surface area (Å²) in [5.74, 6) is 0. The molecule has 0 atom stereocenters. The highest BCUT2D eigenvalue weighted by molar-refractivity contribution is 14.1. The lowest BCUT2D eigenvalue weighted by Crippen LogP contribution is -2.23. The van der Waals surface area contributed by atoms with Gasteiger partial charge in [-0.2, -0.15) is 4.31 Å². The number of hydrogen-bond acceptors (Lipinski definition) is 2. The third-order valence-corrected chi connectivity index (χ3v) is 3.48. The van der Waals surface area contributed by atoms with Crippen LogP contribution in [0.1, 0.15) is 0 Å². The predicted molar refractivity (Wildman–Crippen MR) is 41.5 cm³/mol. The van der Waals surface area contributed by atoms with Gasteiger partial charge in [-0.1, -0.05) is 22.6 Å². The zero-order valence-electron chi connectivity index (χ0n) is 4.76. The maximum atomic E-state index is 10.5. The molecule has 50 valence electrons. The van der Waals surface area contributed by atoms with Crippen LogP contribution in [0.4, 0.5) is 0 Å². The third-order valence-electron chi connectivity index (χ3n) is 0.734. The first-order chi connectivity index (χ1) is 3.48. The largest absolute Gasteiger partial charge is 0.212 e. The Morgan fingerprint density at radius 3 is 2.00 bits per heavy atom. The first-order valence-corrected chi connectivity index (χ1v) is 5.33. The summed E-state index contributed by atoms with van der Waals surface area (Å²) in [6.45, 7) is 0. The molecular formula is C3H8INO2S. The molecule has 0 radical (unpaired) electrons. The molecule has 0 aliphatic heterocycles. The van der Waals surface area contributed by atoms with Crippen molar-refractivity contribution in [3.05, 3.63) is 0 Å². The highest BCUT2D eigenvalue weighted by Gasteiger charge is 2.06. The lowest BCUT2D eigenvalue weighted by atomic mass is 11.3. The summed E-state index contributed by atoms with van der Waals surface area (Å²) in [5, 5.41) is 0. The lowest BCUT2D eigenvalue weighted by Gasteiger charge is -2.07. The first kappa shape index (κ1) is 8.64. The smallest absolute Gasteiger partial charge is 0.211 e. The topological polar surface area (TPSA) is 37.4 Å². The van der Waals surface area contributed by atoms with Crippen molar-refractivity contribution >= 4 is 32.6 Å². The van der Waals surface area contributed by atoms with E-state index in [0.29, 0.717) is 4.55 Å². The van der Waals surface area contributed by atoms with Crippen molar-refractivity contribution in [3.63, 3.8) is 0 Å². The third kappa shape index (κ3) is 2.83. The second-order valence-corrected chi connectivity index (χ2v) is 4.25. The molecule has 0 bridgehead atoms. The molecule has 5 heteroatoms. The van der Waals surface area contributed by atoms with Gasteiger partial charge in [-0.3, -0.25) is 0 Å². The number of alkyl halides is 1. The van der Waals surface area contributed by atoms with Gasteiger partial charge in [-0.05, 0) is 0 Å². The van der Waals surface area contributed by atoms with Crippen LogP contribution in [-0.2, 0) is 10.0 Å². The number of rotatable bonds is 2. The van der Waals surface area contributed by atoms with Crippen LogP contribution >= 0.6 is 22.6 Å². The van der Waals surface area contributed by atoms with Gasteiger partial charge in [0.15, 0.2) is 0 Å². The van der Waals surface area contributed by atoms with E-state index >= 15 is 0 Å². The van der Waals surface area contributed by atoms with Crippen molar-refractivity contribution in [3.8, 4) is 0 Å². The molecule has 0 aliphatic carbocycles. The van der Waals surface area contributed by atoms with Gasteiger partial charge < -0.3 is 0 Å². The van der Waals surface area contributed by atoms with E-state index in [1.165, 1.54) is 10.6 Å². The van der Waals surface area contributed by atoms with Gasteiger partial charge in [0.05, 0.1) is 10.8 Å². The molecule has 0 aromatic heterocycles. The van der Waals surface area contributed by atoms with Crippen molar-refractivity contribution in [2.45, 2.75) is 0 Å². The number of halogens is 1. The average Bonchev–Trinajstić information content (AvgIpc) is 1.62. The highest BCUT2D eigenvalue weighted by Crippen LogP contribution is 1.95. The molecule has 0 saturated carbocycles. The van der Waals surface area contributed by atoms with Crippen LogP contribution in [0.5, 0.6) is 0 Å². The number of nitrogens with zero attached hydrogens (tertiary/aromatic N) is 1. The monoisotopic (exact) mass is 249 g/mol. The van der Waals surface area contributed by atoms with Gasteiger partial charge in [0.2, 0.25) is 10.0 Å². The standard InChI is InChI=1S/C3H8INO2S/c1-5(3-4)8(2,6)7/h3H2,1-2H3. The van der Waals surface area contributed by atoms with Crippen molar-refractivity contribution in [2.24, 2.45) is 0 Å². The van der Waals surface area contributed by atoms with E-state index in [-0.39, 0.29) is 0 Å². The molecule has 0 rings (SSSR count). The number of sulfonamides is 1. The Morgan fingerprint density at radius 1 is 1.62 bits per heavy atom. The molecule has 0 amide bonds. The summed E-state index contributed by atoms with van der Waals surface area (Å²) in [7, 11) is -1.38. The molecule has 0 unspecified atom stereocenters. The zero-order valence-corrected chi connectivity index (χ0v) is 7.73. The SMILES string of the molecule is CN(CI)S(C)(=O)=O. The van der Waals surface area contributed by atoms with E-state index in [2.05, 4.69) is 0 Å². The molecule has 0 spiro atoms. The Balaban J connectivity index is 4.04. The summed E-state index contributed by atoms with van der Waals surface area (Å²) >= 11 is 1.99. The molecular weight excluding hydrogens is 241 g/mol. The van der Waals surface area contributed by atoms with Crippen LogP contribution in [-0.4, -0.2) is 30.6 Å². The highest BCUT2D eigenvalue weighted by atomic mass is 127. The van der Waals surface area contributed by atoms with E-state index in [1.54, 1.807) is 7.05 Å². The van der Waals surface area contributed by atoms with Gasteiger partial charge in [0.25, 0.3) is 0 Å². The van der Waals surface area contributed by atoms with Crippen LogP contribution in [0.2, 0.25) is 0 Å². The summed E-state index contributed by atoms with van der Waals surface area (Å²) in [4.78, 5) is 0. The fourth-order valence-corrected chi connectivity index (χ4v) is 1.78. The molecule has 3 nitrogen and oxygen atoms in total. The molecule has 0 aromatic carbocycles. The van der Waals surface area contributed by atoms with E-state index in [9.17, 15) is 8.42 Å². The fourth-order valence-electron chi connectivity index (χ4n) is 0.0886. The van der Waals surface area contributed by atoms with Gasteiger partial charge in [0, 0.05) is 7.05 Å². The van der Waals surface area contributed by atoms with E-state index in [1.807, 2.05) is 22.6 Å². The average molecular weight is 249 g/mol. The minimum absolute atomic E-state index is 0.511. The van der Waals surface area contributed by atoms with Crippen LogP contribution < -0.4 is 0 Å². The quantitative estimate of drug-likeness (QED) is 0.400. The summed E-state index contributed by atoms with van der Waals surface area (Å²) in [5.41, 5.74) is 0. The van der Waals surface area contributed by atoms with Gasteiger partial charge in [-0.15, -0.1) is 0 Å². The summed E-state index contributed by atoms with van der Waals surface area (Å²) < 4.78 is 22.7. The fraction of sp³-hybridized carbons (Fsp3) is 1.00. The van der Waals surface area contributed by atoms with Gasteiger partial charge in [-0.25, -0.2) is 8.42 Å². The molecule has 0 fully saturated rings. The molecule has 0 heterocycles. The minimum atomic E-state index is -2.93. The normalized spacial score (nSPS) is 12.5. The Labute approximate surface area is 63.3 Å². The number of hydrogen-bond donors (Lipinski definition) is 0. The van der Waals surface area contributed by atoms with Crippen molar-refractivity contribution < 1.29 is 8.42 Å². The summed E-state index contributed by atoms with van der Waals surface area (Å²) in [6, 6.07) is 0. The Morgan fingerprint density at radius 2 is 2.00 bits per heavy atom. The van der Waals surface area contributed by atoms with Crippen molar-refractivity contribution in [1.82, 2.24) is 4.31 Å². The lowest BCUT2D eigenvalue weighted by molar-refractivity contribution is 0.524. The molecule has 0 aromatic rings. The van der Waals surface area contributed by atoms with E-state index < -0.39 is 10.0 Å². The van der Waals surface area contributed by atoms with Crippen LogP contribution in [0, 0.1) is 0 Å². The van der Waals surface area contributed by atoms with E-state index in [4.69, 9.17) is 0 Å². The zero-order chi connectivity index (χ0) is 6.78. The molecule has 0 saturated heterocycles. The Hall–Kier alpha value is 0.640. The van der Waals surface area contributed by atoms with Crippen molar-refractivity contribution in [2.75, 3.05) is 17.9 Å². The van der Waals surface area contributed by atoms with Gasteiger partial charge >= 0.3 is 0 Å². The van der Waals surface area contributed by atoms with Gasteiger partial charge in [0.1, 0.15) is 0 Å². The van der Waals surface area contributed by atoms with Crippen LogP contribution in [0.25, 0.3) is 0 Å². The molecule has 0 aliphatic rings. The Kier molecular flexibility index (Phi) is 3.21. The maximum absolute atomic E-state index is 10.5. The maximum Gasteiger partial charge on any atom is 0.211 e. The minimum Gasteiger partial charge on any atom is -0.212 e. The van der Waals surface area contributed by atoms with Crippen LogP contribution in [0.15, 0.2) is 0 Å². The second kappa shape index (κ2) is 2.98. The summed E-state index contributed by atoms with van der Waals surface area (Å²) in [6.07, 6.45) is 1.19. The predicted octanol–water partition coefficient (Wildman–Crippen LogP) is 0.270. The molecule has 0 N–H and O–H groups in total. The van der Waals surface area contributed by atoms with Crippen molar-refractivity contribution in [1.29, 1.82) is 0 Å².